The zero-order valence-electron chi connectivity index (χ0n) is 8.07. The van der Waals surface area contributed by atoms with Gasteiger partial charge in [0.1, 0.15) is 0 Å². The van der Waals surface area contributed by atoms with Gasteiger partial charge in [0.05, 0.1) is 6.10 Å². The van der Waals surface area contributed by atoms with Crippen molar-refractivity contribution in [3.05, 3.63) is 47.0 Å². The summed E-state index contributed by atoms with van der Waals surface area (Å²) >= 11 is 3.18. The van der Waals surface area contributed by atoms with E-state index in [9.17, 15) is 5.11 Å². The van der Waals surface area contributed by atoms with Crippen molar-refractivity contribution >= 4 is 15.9 Å². The van der Waals surface area contributed by atoms with Gasteiger partial charge >= 0.3 is 0 Å². The van der Waals surface area contributed by atoms with Gasteiger partial charge in [-0.05, 0) is 29.8 Å². The molecule has 0 bridgehead atoms. The van der Waals surface area contributed by atoms with E-state index in [-0.39, 0.29) is 6.10 Å². The fourth-order valence-corrected chi connectivity index (χ4v) is 1.52. The lowest BCUT2D eigenvalue weighted by Gasteiger charge is -2.07. The summed E-state index contributed by atoms with van der Waals surface area (Å²) in [5, 5.41) is 9.57. The van der Waals surface area contributed by atoms with E-state index in [2.05, 4.69) is 28.1 Å². The van der Waals surface area contributed by atoms with Crippen LogP contribution in [0.3, 0.4) is 0 Å². The number of benzene rings is 1. The molecule has 0 saturated heterocycles. The molecule has 0 heterocycles. The lowest BCUT2D eigenvalue weighted by molar-refractivity contribution is 0.168. The molecule has 76 valence electrons. The maximum absolute atomic E-state index is 9.57. The van der Waals surface area contributed by atoms with E-state index in [4.69, 9.17) is 0 Å². The number of hydrogen-bond acceptors (Lipinski definition) is 1. The Labute approximate surface area is 93.6 Å². The molecule has 0 amide bonds. The Morgan fingerprint density at radius 2 is 2.00 bits per heavy atom. The molecule has 0 saturated carbocycles. The molecule has 1 N–H and O–H groups in total. The molecular formula is C12H15BrO. The second-order valence-corrected chi connectivity index (χ2v) is 3.80. The van der Waals surface area contributed by atoms with Crippen LogP contribution < -0.4 is 0 Å². The second kappa shape index (κ2) is 6.80. The number of halogens is 1. The van der Waals surface area contributed by atoms with Crippen molar-refractivity contribution in [1.82, 2.24) is 0 Å². The molecule has 0 fully saturated rings. The summed E-state index contributed by atoms with van der Waals surface area (Å²) in [7, 11) is 0. The average molecular weight is 255 g/mol. The monoisotopic (exact) mass is 254 g/mol. The number of aryl methyl sites for hydroxylation is 1. The molecule has 0 aliphatic heterocycles. The number of aliphatic hydroxyl groups is 1. The molecule has 1 atom stereocenters. The van der Waals surface area contributed by atoms with E-state index < -0.39 is 0 Å². The molecule has 0 spiro atoms. The fourth-order valence-electron chi connectivity index (χ4n) is 1.30. The van der Waals surface area contributed by atoms with E-state index >= 15 is 0 Å². The minimum absolute atomic E-state index is 0.232. The molecule has 0 aliphatic carbocycles. The van der Waals surface area contributed by atoms with Crippen LogP contribution in [0, 0.1) is 0 Å². The summed E-state index contributed by atoms with van der Waals surface area (Å²) in [6.45, 7) is 0. The highest BCUT2D eigenvalue weighted by atomic mass is 79.9. The standard InChI is InChI=1S/C12H15BrO/c13-10-4-7-12(14)9-8-11-5-2-1-3-6-11/h1-6,10,12,14H,7-9H2/b10-4-/t12-/m1/s1. The Morgan fingerprint density at radius 1 is 1.29 bits per heavy atom. The Morgan fingerprint density at radius 3 is 2.64 bits per heavy atom. The largest absolute Gasteiger partial charge is 0.393 e. The highest BCUT2D eigenvalue weighted by Gasteiger charge is 2.01. The average Bonchev–Trinajstić information content (AvgIpc) is 2.25. The van der Waals surface area contributed by atoms with Crippen LogP contribution in [0.15, 0.2) is 41.4 Å². The summed E-state index contributed by atoms with van der Waals surface area (Å²) in [5.41, 5.74) is 1.29. The van der Waals surface area contributed by atoms with Gasteiger partial charge in [-0.15, -0.1) is 0 Å². The summed E-state index contributed by atoms with van der Waals surface area (Å²) in [6.07, 6.45) is 4.18. The summed E-state index contributed by atoms with van der Waals surface area (Å²) in [4.78, 5) is 1.79. The van der Waals surface area contributed by atoms with Crippen molar-refractivity contribution in [1.29, 1.82) is 0 Å². The van der Waals surface area contributed by atoms with Crippen LogP contribution in [-0.4, -0.2) is 11.2 Å². The summed E-state index contributed by atoms with van der Waals surface area (Å²) in [5.74, 6) is 0. The molecule has 1 nitrogen and oxygen atoms in total. The molecule has 0 radical (unpaired) electrons. The third-order valence-corrected chi connectivity index (χ3v) is 2.48. The molecule has 1 aromatic rings. The van der Waals surface area contributed by atoms with E-state index in [0.717, 1.165) is 19.3 Å². The quantitative estimate of drug-likeness (QED) is 0.856. The maximum Gasteiger partial charge on any atom is 0.0578 e. The van der Waals surface area contributed by atoms with Gasteiger partial charge in [-0.3, -0.25) is 0 Å². The third-order valence-electron chi connectivity index (χ3n) is 2.11. The molecule has 2 heteroatoms. The fraction of sp³-hybridized carbons (Fsp3) is 0.333. The van der Waals surface area contributed by atoms with Crippen LogP contribution in [0.5, 0.6) is 0 Å². The van der Waals surface area contributed by atoms with Crippen LogP contribution in [0.2, 0.25) is 0 Å². The highest BCUT2D eigenvalue weighted by Crippen LogP contribution is 2.07. The summed E-state index contributed by atoms with van der Waals surface area (Å²) < 4.78 is 0. The first-order chi connectivity index (χ1) is 6.83. The zero-order chi connectivity index (χ0) is 10.2. The molecule has 0 aromatic heterocycles. The van der Waals surface area contributed by atoms with Gasteiger partial charge in [-0.25, -0.2) is 0 Å². The Bertz CT molecular complexity index is 269. The first-order valence-electron chi connectivity index (χ1n) is 4.80. The minimum atomic E-state index is -0.232. The van der Waals surface area contributed by atoms with Crippen LogP contribution in [0.4, 0.5) is 0 Å². The van der Waals surface area contributed by atoms with Crippen LogP contribution >= 0.6 is 15.9 Å². The van der Waals surface area contributed by atoms with Gasteiger partial charge in [0.2, 0.25) is 0 Å². The van der Waals surface area contributed by atoms with E-state index in [0.29, 0.717) is 0 Å². The van der Waals surface area contributed by atoms with Crippen molar-refractivity contribution in [3.8, 4) is 0 Å². The normalized spacial score (nSPS) is 13.3. The van der Waals surface area contributed by atoms with Gasteiger partial charge in [0.15, 0.2) is 0 Å². The highest BCUT2D eigenvalue weighted by molar-refractivity contribution is 9.11. The predicted octanol–water partition coefficient (Wildman–Crippen LogP) is 3.28. The predicted molar refractivity (Wildman–Crippen MR) is 63.5 cm³/mol. The van der Waals surface area contributed by atoms with Crippen molar-refractivity contribution < 1.29 is 5.11 Å². The smallest absolute Gasteiger partial charge is 0.0578 e. The minimum Gasteiger partial charge on any atom is -0.393 e. The second-order valence-electron chi connectivity index (χ2n) is 3.28. The van der Waals surface area contributed by atoms with Gasteiger partial charge in [0, 0.05) is 0 Å². The van der Waals surface area contributed by atoms with Crippen molar-refractivity contribution in [3.63, 3.8) is 0 Å². The Hall–Kier alpha value is -0.600. The zero-order valence-corrected chi connectivity index (χ0v) is 9.65. The SMILES string of the molecule is O[C@H](C/C=C\Br)CCc1ccccc1. The van der Waals surface area contributed by atoms with Crippen LogP contribution in [0.25, 0.3) is 0 Å². The van der Waals surface area contributed by atoms with Crippen LogP contribution in [0.1, 0.15) is 18.4 Å². The molecular weight excluding hydrogens is 240 g/mol. The molecule has 1 rings (SSSR count). The number of rotatable bonds is 5. The van der Waals surface area contributed by atoms with E-state index in [1.807, 2.05) is 24.3 Å². The van der Waals surface area contributed by atoms with Crippen molar-refractivity contribution in [2.45, 2.75) is 25.4 Å². The first kappa shape index (κ1) is 11.5. The number of hydrogen-bond donors (Lipinski definition) is 1. The topological polar surface area (TPSA) is 20.2 Å². The Kier molecular flexibility index (Phi) is 5.57. The van der Waals surface area contributed by atoms with Gasteiger partial charge in [-0.1, -0.05) is 52.3 Å². The molecule has 1 aromatic carbocycles. The van der Waals surface area contributed by atoms with Crippen molar-refractivity contribution in [2.75, 3.05) is 0 Å². The Balaban J connectivity index is 2.27. The van der Waals surface area contributed by atoms with Crippen LogP contribution in [-0.2, 0) is 6.42 Å². The summed E-state index contributed by atoms with van der Waals surface area (Å²) in [6, 6.07) is 10.2. The molecule has 14 heavy (non-hydrogen) atoms. The first-order valence-corrected chi connectivity index (χ1v) is 5.71. The lowest BCUT2D eigenvalue weighted by atomic mass is 10.1. The van der Waals surface area contributed by atoms with E-state index in [1.165, 1.54) is 5.56 Å². The van der Waals surface area contributed by atoms with Gasteiger partial charge in [-0.2, -0.15) is 0 Å². The van der Waals surface area contributed by atoms with Gasteiger partial charge < -0.3 is 5.11 Å². The molecule has 0 aliphatic rings. The van der Waals surface area contributed by atoms with E-state index in [1.54, 1.807) is 4.99 Å². The van der Waals surface area contributed by atoms with Gasteiger partial charge in [0.25, 0.3) is 0 Å². The maximum atomic E-state index is 9.57. The lowest BCUT2D eigenvalue weighted by Crippen LogP contribution is -2.06. The third kappa shape index (κ3) is 4.58. The van der Waals surface area contributed by atoms with Crippen molar-refractivity contribution in [2.24, 2.45) is 0 Å². The number of aliphatic hydroxyl groups excluding tert-OH is 1. The molecule has 0 unspecified atom stereocenters.